The normalized spacial score (nSPS) is 11.3. The zero-order valence-corrected chi connectivity index (χ0v) is 16.6. The fraction of sp³-hybridized carbons (Fsp3) is 0.450. The summed E-state index contributed by atoms with van der Waals surface area (Å²) >= 11 is 0. The number of aryl methyl sites for hydroxylation is 2. The van der Waals surface area contributed by atoms with Gasteiger partial charge in [0.25, 0.3) is 11.5 Å². The minimum Gasteiger partial charge on any atom is -0.466 e. The van der Waals surface area contributed by atoms with Gasteiger partial charge in [-0.25, -0.2) is 4.98 Å². The number of hydrogen-bond acceptors (Lipinski definition) is 4. The predicted octanol–water partition coefficient (Wildman–Crippen LogP) is 3.17. The summed E-state index contributed by atoms with van der Waals surface area (Å²) in [6.45, 7) is 9.09. The monoisotopic (exact) mass is 370 g/mol. The van der Waals surface area contributed by atoms with Gasteiger partial charge >= 0.3 is 0 Å². The topological polar surface area (TPSA) is 72.8 Å². The van der Waals surface area contributed by atoms with Gasteiger partial charge in [-0.05, 0) is 33.3 Å². The van der Waals surface area contributed by atoms with Gasteiger partial charge < -0.3 is 13.9 Å². The summed E-state index contributed by atoms with van der Waals surface area (Å²) < 4.78 is 8.79. The SMILES string of the molecule is CCCCN(CC)C(=O)c1cn2cc(-c3cc(C)oc3C)n(C)c(=O)c2n1. The largest absolute Gasteiger partial charge is 0.466 e. The van der Waals surface area contributed by atoms with E-state index in [1.807, 2.05) is 33.0 Å². The summed E-state index contributed by atoms with van der Waals surface area (Å²) in [5.41, 5.74) is 1.86. The Morgan fingerprint density at radius 2 is 2.00 bits per heavy atom. The van der Waals surface area contributed by atoms with Gasteiger partial charge in [0.1, 0.15) is 17.2 Å². The van der Waals surface area contributed by atoms with Crippen molar-refractivity contribution in [3.05, 3.63) is 46.0 Å². The summed E-state index contributed by atoms with van der Waals surface area (Å²) in [6.07, 6.45) is 5.42. The van der Waals surface area contributed by atoms with E-state index in [1.54, 1.807) is 27.1 Å². The number of amides is 1. The maximum absolute atomic E-state index is 12.8. The predicted molar refractivity (Wildman–Crippen MR) is 104 cm³/mol. The first-order chi connectivity index (χ1) is 12.9. The quantitative estimate of drug-likeness (QED) is 0.668. The Bertz CT molecular complexity index is 1040. The van der Waals surface area contributed by atoms with Gasteiger partial charge in [-0.2, -0.15) is 0 Å². The highest BCUT2D eigenvalue weighted by molar-refractivity contribution is 5.93. The van der Waals surface area contributed by atoms with E-state index in [0.717, 1.165) is 35.6 Å². The second kappa shape index (κ2) is 7.42. The molecule has 0 atom stereocenters. The molecule has 3 aromatic heterocycles. The molecular weight excluding hydrogens is 344 g/mol. The van der Waals surface area contributed by atoms with Crippen LogP contribution in [0.2, 0.25) is 0 Å². The van der Waals surface area contributed by atoms with Crippen molar-refractivity contribution in [2.45, 2.75) is 40.5 Å². The molecule has 0 N–H and O–H groups in total. The van der Waals surface area contributed by atoms with Gasteiger partial charge in [-0.15, -0.1) is 0 Å². The number of imidazole rings is 1. The van der Waals surface area contributed by atoms with Crippen molar-refractivity contribution < 1.29 is 9.21 Å². The van der Waals surface area contributed by atoms with Crippen LogP contribution in [-0.2, 0) is 7.05 Å². The molecule has 0 unspecified atom stereocenters. The highest BCUT2D eigenvalue weighted by Gasteiger charge is 2.20. The molecule has 27 heavy (non-hydrogen) atoms. The molecule has 0 aliphatic carbocycles. The first kappa shape index (κ1) is 18.9. The fourth-order valence-electron chi connectivity index (χ4n) is 3.28. The van der Waals surface area contributed by atoms with Crippen LogP contribution in [-0.4, -0.2) is 37.8 Å². The average Bonchev–Trinajstić information content (AvgIpc) is 3.21. The third-order valence-corrected chi connectivity index (χ3v) is 4.84. The lowest BCUT2D eigenvalue weighted by Gasteiger charge is -2.19. The lowest BCUT2D eigenvalue weighted by molar-refractivity contribution is 0.0757. The minimum absolute atomic E-state index is 0.145. The zero-order valence-electron chi connectivity index (χ0n) is 16.6. The van der Waals surface area contributed by atoms with Gasteiger partial charge in [-0.1, -0.05) is 13.3 Å². The van der Waals surface area contributed by atoms with E-state index in [-0.39, 0.29) is 17.1 Å². The number of aromatic nitrogens is 3. The third kappa shape index (κ3) is 3.41. The maximum atomic E-state index is 12.8. The first-order valence-electron chi connectivity index (χ1n) is 9.32. The second-order valence-corrected chi connectivity index (χ2v) is 6.80. The molecule has 3 rings (SSSR count). The average molecular weight is 370 g/mol. The van der Waals surface area contributed by atoms with E-state index in [1.165, 1.54) is 0 Å². The van der Waals surface area contributed by atoms with Crippen molar-refractivity contribution >= 4 is 11.6 Å². The van der Waals surface area contributed by atoms with Crippen LogP contribution >= 0.6 is 0 Å². The van der Waals surface area contributed by atoms with Gasteiger partial charge in [0, 0.05) is 38.1 Å². The molecular formula is C20H26N4O3. The number of unbranched alkanes of at least 4 members (excludes halogenated alkanes) is 1. The summed E-state index contributed by atoms with van der Waals surface area (Å²) in [5.74, 6) is 1.38. The number of nitrogens with zero attached hydrogens (tertiary/aromatic N) is 4. The molecule has 1 amide bonds. The van der Waals surface area contributed by atoms with E-state index in [4.69, 9.17) is 4.42 Å². The summed E-state index contributed by atoms with van der Waals surface area (Å²) in [4.78, 5) is 31.7. The molecule has 0 aliphatic rings. The highest BCUT2D eigenvalue weighted by Crippen LogP contribution is 2.25. The van der Waals surface area contributed by atoms with Crippen LogP contribution < -0.4 is 5.56 Å². The number of hydrogen-bond donors (Lipinski definition) is 0. The standard InChI is InChI=1S/C20H26N4O3/c1-6-8-9-23(7-2)19(25)16-11-24-12-17(15-10-13(3)27-14(15)4)22(5)20(26)18(24)21-16/h10-12H,6-9H2,1-5H3. The lowest BCUT2D eigenvalue weighted by Crippen LogP contribution is -2.32. The van der Waals surface area contributed by atoms with Gasteiger partial charge in [0.2, 0.25) is 5.65 Å². The molecule has 7 heteroatoms. The van der Waals surface area contributed by atoms with Gasteiger partial charge in [0.05, 0.1) is 5.69 Å². The van der Waals surface area contributed by atoms with Crippen LogP contribution in [0.4, 0.5) is 0 Å². The Kier molecular flexibility index (Phi) is 5.21. The molecule has 7 nitrogen and oxygen atoms in total. The summed E-state index contributed by atoms with van der Waals surface area (Å²) in [5, 5.41) is 0. The van der Waals surface area contributed by atoms with E-state index in [2.05, 4.69) is 11.9 Å². The van der Waals surface area contributed by atoms with Crippen molar-refractivity contribution in [2.24, 2.45) is 7.05 Å². The zero-order chi connectivity index (χ0) is 19.7. The summed E-state index contributed by atoms with van der Waals surface area (Å²) in [7, 11) is 1.70. The molecule has 0 aromatic carbocycles. The highest BCUT2D eigenvalue weighted by atomic mass is 16.3. The maximum Gasteiger partial charge on any atom is 0.294 e. The Balaban J connectivity index is 2.08. The first-order valence-corrected chi connectivity index (χ1v) is 9.32. The molecule has 0 fully saturated rings. The van der Waals surface area contributed by atoms with E-state index in [0.29, 0.717) is 18.8 Å². The Hall–Kier alpha value is -2.83. The lowest BCUT2D eigenvalue weighted by atomic mass is 10.2. The number of carbonyl (C=O) groups excluding carboxylic acids is 1. The van der Waals surface area contributed by atoms with Crippen molar-refractivity contribution in [2.75, 3.05) is 13.1 Å². The smallest absolute Gasteiger partial charge is 0.294 e. The molecule has 0 bridgehead atoms. The number of fused-ring (bicyclic) bond motifs is 1. The minimum atomic E-state index is -0.249. The van der Waals surface area contributed by atoms with Crippen LogP contribution in [0.15, 0.2) is 27.7 Å². The molecule has 0 aliphatic heterocycles. The van der Waals surface area contributed by atoms with Crippen LogP contribution in [0.5, 0.6) is 0 Å². The van der Waals surface area contributed by atoms with Crippen LogP contribution in [0, 0.1) is 13.8 Å². The Morgan fingerprint density at radius 3 is 2.59 bits per heavy atom. The van der Waals surface area contributed by atoms with E-state index < -0.39 is 0 Å². The molecule has 0 radical (unpaired) electrons. The van der Waals surface area contributed by atoms with Gasteiger partial charge in [0.15, 0.2) is 0 Å². The molecule has 3 aromatic rings. The van der Waals surface area contributed by atoms with Crippen molar-refractivity contribution in [3.8, 4) is 11.3 Å². The third-order valence-electron chi connectivity index (χ3n) is 4.84. The van der Waals surface area contributed by atoms with Crippen molar-refractivity contribution in [1.29, 1.82) is 0 Å². The molecule has 3 heterocycles. The Morgan fingerprint density at radius 1 is 1.26 bits per heavy atom. The molecule has 0 saturated heterocycles. The molecule has 0 saturated carbocycles. The van der Waals surface area contributed by atoms with Crippen molar-refractivity contribution in [1.82, 2.24) is 18.9 Å². The number of carbonyl (C=O) groups is 1. The number of furan rings is 1. The van der Waals surface area contributed by atoms with Crippen LogP contribution in [0.3, 0.4) is 0 Å². The van der Waals surface area contributed by atoms with Gasteiger partial charge in [-0.3, -0.25) is 14.0 Å². The fourth-order valence-corrected chi connectivity index (χ4v) is 3.28. The van der Waals surface area contributed by atoms with E-state index in [9.17, 15) is 9.59 Å². The molecule has 0 spiro atoms. The summed E-state index contributed by atoms with van der Waals surface area (Å²) in [6, 6.07) is 1.91. The number of rotatable bonds is 6. The van der Waals surface area contributed by atoms with Crippen LogP contribution in [0.1, 0.15) is 48.7 Å². The van der Waals surface area contributed by atoms with E-state index >= 15 is 0 Å². The van der Waals surface area contributed by atoms with Crippen molar-refractivity contribution in [3.63, 3.8) is 0 Å². The Labute approximate surface area is 158 Å². The second-order valence-electron chi connectivity index (χ2n) is 6.80. The molecule has 144 valence electrons. The van der Waals surface area contributed by atoms with Crippen LogP contribution in [0.25, 0.3) is 16.9 Å².